The molecule has 0 aliphatic rings. The zero-order chi connectivity index (χ0) is 30.5. The number of anilines is 1. The highest BCUT2D eigenvalue weighted by Gasteiger charge is 2.38. The predicted molar refractivity (Wildman–Crippen MR) is 136 cm³/mol. The lowest BCUT2D eigenvalue weighted by molar-refractivity contribution is -0.192. The van der Waals surface area contributed by atoms with E-state index in [-0.39, 0.29) is 16.5 Å². The molecule has 0 radical (unpaired) electrons. The Morgan fingerprint density at radius 2 is 1.88 bits per heavy atom. The summed E-state index contributed by atoms with van der Waals surface area (Å²) < 4.78 is 65.3. The summed E-state index contributed by atoms with van der Waals surface area (Å²) >= 11 is 0. The van der Waals surface area contributed by atoms with Crippen LogP contribution < -0.4 is 31.8 Å². The van der Waals surface area contributed by atoms with Crippen LogP contribution in [0.5, 0.6) is 5.75 Å². The molecular weight excluding hydrogens is 565 g/mol. The molecule has 2 aromatic rings. The van der Waals surface area contributed by atoms with Crippen molar-refractivity contribution in [3.63, 3.8) is 0 Å². The van der Waals surface area contributed by atoms with Gasteiger partial charge < -0.3 is 36.0 Å². The van der Waals surface area contributed by atoms with E-state index < -0.39 is 46.2 Å². The molecule has 0 aliphatic heterocycles. The van der Waals surface area contributed by atoms with Gasteiger partial charge in [0.25, 0.3) is 15.6 Å². The number of halogens is 3. The number of aliphatic imine (C=N–C) groups is 1. The van der Waals surface area contributed by atoms with E-state index in [1.807, 2.05) is 0 Å². The van der Waals surface area contributed by atoms with E-state index in [2.05, 4.69) is 15.0 Å². The molecule has 220 valence electrons. The largest absolute Gasteiger partial charge is 0.497 e. The van der Waals surface area contributed by atoms with Crippen molar-refractivity contribution in [3.05, 3.63) is 52.9 Å². The summed E-state index contributed by atoms with van der Waals surface area (Å²) in [5.41, 5.74) is 9.49. The molecule has 2 rings (SSSR count). The first-order chi connectivity index (χ1) is 18.6. The number of amides is 1. The number of carboxylic acids is 1. The molecule has 0 saturated heterocycles. The number of nitrogens with one attached hydrogen (secondary N) is 2. The number of hydrogen-bond acceptors (Lipinski definition) is 8. The Bertz CT molecular complexity index is 1380. The Morgan fingerprint density at radius 3 is 2.42 bits per heavy atom. The van der Waals surface area contributed by atoms with E-state index >= 15 is 0 Å². The number of aromatic nitrogens is 1. The van der Waals surface area contributed by atoms with Crippen molar-refractivity contribution in [2.45, 2.75) is 36.5 Å². The lowest BCUT2D eigenvalue weighted by Gasteiger charge is -2.14. The van der Waals surface area contributed by atoms with Crippen LogP contribution >= 0.6 is 0 Å². The average Bonchev–Trinajstić information content (AvgIpc) is 2.87. The molecule has 7 N–H and O–H groups in total. The van der Waals surface area contributed by atoms with Gasteiger partial charge in [-0.05, 0) is 37.1 Å². The number of aliphatic carboxylic acids is 1. The van der Waals surface area contributed by atoms with Crippen LogP contribution in [0.2, 0.25) is 0 Å². The zero-order valence-corrected chi connectivity index (χ0v) is 21.7. The lowest BCUT2D eigenvalue weighted by Crippen LogP contribution is -2.40. The molecule has 1 aromatic carbocycles. The second-order valence-electron chi connectivity index (χ2n) is 7.70. The number of alkyl halides is 3. The van der Waals surface area contributed by atoms with Crippen LogP contribution in [0.4, 0.5) is 18.9 Å². The van der Waals surface area contributed by atoms with E-state index in [1.54, 1.807) is 6.07 Å². The Labute approximate surface area is 225 Å². The first-order valence-corrected chi connectivity index (χ1v) is 12.6. The second-order valence-corrected chi connectivity index (χ2v) is 9.38. The number of rotatable bonds is 12. The Kier molecular flexibility index (Phi) is 12.6. The van der Waals surface area contributed by atoms with E-state index in [0.29, 0.717) is 31.4 Å². The normalized spacial score (nSPS) is 11.7. The van der Waals surface area contributed by atoms with Gasteiger partial charge in [0.05, 0.1) is 18.0 Å². The minimum absolute atomic E-state index is 0.0667. The number of benzene rings is 1. The highest BCUT2D eigenvalue weighted by Crippen LogP contribution is 2.19. The van der Waals surface area contributed by atoms with Gasteiger partial charge in [-0.3, -0.25) is 19.3 Å². The third-order valence-corrected chi connectivity index (χ3v) is 6.01. The molecular formula is C22H27F3N6O8S. The molecule has 0 spiro atoms. The van der Waals surface area contributed by atoms with Crippen LogP contribution in [0, 0.1) is 0 Å². The fraction of sp³-hybridized carbons (Fsp3) is 0.318. The number of pyridine rings is 1. The van der Waals surface area contributed by atoms with Gasteiger partial charge in [-0.2, -0.15) is 13.2 Å². The number of carbonyl (C=O) groups excluding carboxylic acids is 2. The smallest absolute Gasteiger partial charge is 0.490 e. The van der Waals surface area contributed by atoms with Crippen molar-refractivity contribution < 1.29 is 45.8 Å². The Hall–Kier alpha value is -4.61. The fourth-order valence-electron chi connectivity index (χ4n) is 2.81. The molecule has 1 amide bonds. The van der Waals surface area contributed by atoms with Crippen LogP contribution in [0.1, 0.15) is 12.8 Å². The van der Waals surface area contributed by atoms with Crippen molar-refractivity contribution in [1.29, 1.82) is 0 Å². The van der Waals surface area contributed by atoms with Crippen LogP contribution in [0.15, 0.2) is 57.3 Å². The number of carbonyl (C=O) groups is 3. The number of ether oxygens (including phenoxy) is 1. The number of aldehydes is 1. The number of sulfonamides is 1. The topological polar surface area (TPSA) is 225 Å². The number of methoxy groups -OCH3 is 1. The van der Waals surface area contributed by atoms with Gasteiger partial charge in [-0.25, -0.2) is 13.2 Å². The van der Waals surface area contributed by atoms with Gasteiger partial charge in [0.15, 0.2) is 5.96 Å². The molecule has 0 aliphatic carbocycles. The SMILES string of the molecule is COc1cccc(S(=O)(=O)Nc2cccn(CC(=O)N[C@H](C=O)CCCN=C(N)N)c2=O)c1.O=C(O)C(F)(F)F. The molecule has 18 heteroatoms. The Morgan fingerprint density at radius 1 is 1.23 bits per heavy atom. The summed E-state index contributed by atoms with van der Waals surface area (Å²) in [5.74, 6) is -3.08. The average molecular weight is 593 g/mol. The van der Waals surface area contributed by atoms with Gasteiger partial charge in [-0.1, -0.05) is 6.07 Å². The number of hydrogen-bond donors (Lipinski definition) is 5. The van der Waals surface area contributed by atoms with E-state index in [1.165, 1.54) is 43.6 Å². The quantitative estimate of drug-likeness (QED) is 0.0961. The predicted octanol–water partition coefficient (Wildman–Crippen LogP) is 0.0283. The number of carboxylic acid groups (broad SMARTS) is 1. The van der Waals surface area contributed by atoms with Crippen LogP contribution in [0.3, 0.4) is 0 Å². The Balaban J connectivity index is 0.00000101. The van der Waals surface area contributed by atoms with Crippen LogP contribution in [-0.2, 0) is 31.0 Å². The molecule has 0 unspecified atom stereocenters. The molecule has 0 bridgehead atoms. The summed E-state index contributed by atoms with van der Waals surface area (Å²) in [7, 11) is -2.67. The maximum Gasteiger partial charge on any atom is 0.490 e. The number of guanidine groups is 1. The van der Waals surface area contributed by atoms with Gasteiger partial charge in [0.1, 0.15) is 24.3 Å². The second kappa shape index (κ2) is 15.1. The highest BCUT2D eigenvalue weighted by atomic mass is 32.2. The summed E-state index contributed by atoms with van der Waals surface area (Å²) in [6.45, 7) is -0.108. The van der Waals surface area contributed by atoms with E-state index in [9.17, 15) is 36.0 Å². The van der Waals surface area contributed by atoms with Crippen molar-refractivity contribution in [3.8, 4) is 5.75 Å². The molecule has 1 atom stereocenters. The minimum Gasteiger partial charge on any atom is -0.497 e. The van der Waals surface area contributed by atoms with Crippen molar-refractivity contribution in [2.24, 2.45) is 16.5 Å². The third-order valence-electron chi connectivity index (χ3n) is 4.65. The van der Waals surface area contributed by atoms with Crippen LogP contribution in [0.25, 0.3) is 0 Å². The summed E-state index contributed by atoms with van der Waals surface area (Å²) in [4.78, 5) is 48.8. The zero-order valence-electron chi connectivity index (χ0n) is 20.9. The maximum atomic E-state index is 12.7. The van der Waals surface area contributed by atoms with Gasteiger partial charge in [0.2, 0.25) is 5.91 Å². The number of nitrogens with two attached hydrogens (primary N) is 2. The van der Waals surface area contributed by atoms with Crippen molar-refractivity contribution in [2.75, 3.05) is 18.4 Å². The van der Waals surface area contributed by atoms with Crippen molar-refractivity contribution in [1.82, 2.24) is 9.88 Å². The first kappa shape index (κ1) is 33.4. The summed E-state index contributed by atoms with van der Waals surface area (Å²) in [6.07, 6.45) is -2.40. The van der Waals surface area contributed by atoms with Crippen LogP contribution in [-0.4, -0.2) is 68.1 Å². The maximum absolute atomic E-state index is 12.7. The molecule has 0 fully saturated rings. The highest BCUT2D eigenvalue weighted by molar-refractivity contribution is 7.92. The molecule has 14 nitrogen and oxygen atoms in total. The van der Waals surface area contributed by atoms with Gasteiger partial charge in [0, 0.05) is 18.8 Å². The standard InChI is InChI=1S/C20H26N6O6S.C2HF3O2/c1-32-15-6-2-7-16(11-15)33(30,31)25-17-8-4-10-26(19(17)29)12-18(28)24-14(13-27)5-3-9-23-20(21)22;3-2(4,5)1(6)7/h2,4,6-8,10-11,13-14,25H,3,5,9,12H2,1H3,(H,24,28)(H4,21,22,23);(H,6,7)/t14-;/m0./s1. The third kappa shape index (κ3) is 11.4. The summed E-state index contributed by atoms with van der Waals surface area (Å²) in [5, 5.41) is 9.63. The summed E-state index contributed by atoms with van der Waals surface area (Å²) in [6, 6.07) is 7.67. The lowest BCUT2D eigenvalue weighted by atomic mass is 10.2. The molecule has 40 heavy (non-hydrogen) atoms. The first-order valence-electron chi connectivity index (χ1n) is 11.1. The number of nitrogens with zero attached hydrogens (tertiary/aromatic N) is 2. The van der Waals surface area contributed by atoms with Gasteiger partial charge >= 0.3 is 12.1 Å². The van der Waals surface area contributed by atoms with E-state index in [4.69, 9.17) is 26.1 Å². The van der Waals surface area contributed by atoms with Crippen molar-refractivity contribution >= 4 is 39.8 Å². The molecule has 1 heterocycles. The monoisotopic (exact) mass is 592 g/mol. The minimum atomic E-state index is -5.08. The van der Waals surface area contributed by atoms with Gasteiger partial charge in [-0.15, -0.1) is 0 Å². The van der Waals surface area contributed by atoms with E-state index in [0.717, 1.165) is 4.57 Å². The fourth-order valence-corrected chi connectivity index (χ4v) is 3.90. The molecule has 1 aromatic heterocycles. The molecule has 0 saturated carbocycles.